The summed E-state index contributed by atoms with van der Waals surface area (Å²) < 4.78 is 10.8. The van der Waals surface area contributed by atoms with Gasteiger partial charge in [0, 0.05) is 11.5 Å². The number of hydrogen-bond acceptors (Lipinski definition) is 3. The molecule has 0 radical (unpaired) electrons. The van der Waals surface area contributed by atoms with E-state index in [9.17, 15) is 0 Å². The third-order valence-corrected chi connectivity index (χ3v) is 6.35. The van der Waals surface area contributed by atoms with Crippen LogP contribution in [-0.4, -0.2) is 14.2 Å². The third-order valence-electron chi connectivity index (χ3n) is 5.25. The molecule has 2 aromatic rings. The van der Waals surface area contributed by atoms with Crippen molar-refractivity contribution in [3.05, 3.63) is 62.6 Å². The second kappa shape index (κ2) is 6.88. The zero-order valence-corrected chi connectivity index (χ0v) is 16.6. The molecule has 0 saturated carbocycles. The Bertz CT molecular complexity index is 897. The Morgan fingerprint density at radius 2 is 1.77 bits per heavy atom. The first kappa shape index (κ1) is 17.8. The number of fused-ring (bicyclic) bond motifs is 3. The predicted octanol–water partition coefficient (Wildman–Crippen LogP) is 6.49. The van der Waals surface area contributed by atoms with Crippen LogP contribution >= 0.6 is 34.8 Å². The minimum absolute atomic E-state index is 0.0806. The zero-order chi connectivity index (χ0) is 18.4. The molecule has 0 aromatic heterocycles. The number of methoxy groups -OCH3 is 2. The summed E-state index contributed by atoms with van der Waals surface area (Å²) in [5, 5.41) is 5.24. The van der Waals surface area contributed by atoms with Crippen LogP contribution in [0.3, 0.4) is 0 Å². The predicted molar refractivity (Wildman–Crippen MR) is 107 cm³/mol. The molecule has 6 heteroatoms. The Morgan fingerprint density at radius 1 is 1.00 bits per heavy atom. The number of anilines is 1. The quantitative estimate of drug-likeness (QED) is 0.463. The molecular weight excluding hydrogens is 393 g/mol. The molecule has 1 N–H and O–H groups in total. The van der Waals surface area contributed by atoms with Gasteiger partial charge in [-0.2, -0.15) is 0 Å². The average molecular weight is 411 g/mol. The van der Waals surface area contributed by atoms with E-state index in [2.05, 4.69) is 23.5 Å². The molecule has 3 atom stereocenters. The maximum absolute atomic E-state index is 6.53. The topological polar surface area (TPSA) is 30.5 Å². The van der Waals surface area contributed by atoms with Crippen molar-refractivity contribution < 1.29 is 9.47 Å². The van der Waals surface area contributed by atoms with Crippen molar-refractivity contribution in [2.24, 2.45) is 5.92 Å². The lowest BCUT2D eigenvalue weighted by atomic mass is 9.77. The maximum atomic E-state index is 6.53. The second-order valence-electron chi connectivity index (χ2n) is 6.53. The summed E-state index contributed by atoms with van der Waals surface area (Å²) >= 11 is 19.3. The molecule has 0 bridgehead atoms. The van der Waals surface area contributed by atoms with Crippen molar-refractivity contribution in [1.82, 2.24) is 0 Å². The Kier molecular flexibility index (Phi) is 4.72. The first-order chi connectivity index (χ1) is 12.5. The van der Waals surface area contributed by atoms with Crippen LogP contribution in [0.1, 0.15) is 29.5 Å². The number of nitrogens with one attached hydrogen (secondary N) is 1. The van der Waals surface area contributed by atoms with Gasteiger partial charge in [0.05, 0.1) is 41.0 Å². The van der Waals surface area contributed by atoms with Gasteiger partial charge in [-0.1, -0.05) is 53.0 Å². The van der Waals surface area contributed by atoms with Gasteiger partial charge in [-0.05, 0) is 36.1 Å². The SMILES string of the molecule is COc1ccc(C2Nc3c(Cl)cc(Cl)c(Cl)c3C3C=CCC32)cc1OC. The summed E-state index contributed by atoms with van der Waals surface area (Å²) in [6, 6.07) is 7.78. The molecule has 136 valence electrons. The van der Waals surface area contributed by atoms with Crippen LogP contribution in [-0.2, 0) is 0 Å². The largest absolute Gasteiger partial charge is 0.493 e. The Balaban J connectivity index is 1.82. The van der Waals surface area contributed by atoms with Gasteiger partial charge in [-0.3, -0.25) is 0 Å². The van der Waals surface area contributed by atoms with Gasteiger partial charge in [-0.25, -0.2) is 0 Å². The van der Waals surface area contributed by atoms with Crippen LogP contribution in [0.25, 0.3) is 0 Å². The van der Waals surface area contributed by atoms with E-state index >= 15 is 0 Å². The van der Waals surface area contributed by atoms with Gasteiger partial charge in [0.2, 0.25) is 0 Å². The molecule has 2 aromatic carbocycles. The van der Waals surface area contributed by atoms with Crippen LogP contribution < -0.4 is 14.8 Å². The monoisotopic (exact) mass is 409 g/mol. The smallest absolute Gasteiger partial charge is 0.161 e. The second-order valence-corrected chi connectivity index (χ2v) is 7.73. The van der Waals surface area contributed by atoms with E-state index < -0.39 is 0 Å². The van der Waals surface area contributed by atoms with Crippen molar-refractivity contribution in [3.8, 4) is 11.5 Å². The van der Waals surface area contributed by atoms with Crippen molar-refractivity contribution >= 4 is 40.5 Å². The maximum Gasteiger partial charge on any atom is 0.161 e. The van der Waals surface area contributed by atoms with Crippen molar-refractivity contribution in [2.75, 3.05) is 19.5 Å². The van der Waals surface area contributed by atoms with Crippen LogP contribution in [0.4, 0.5) is 5.69 Å². The number of benzene rings is 2. The molecule has 3 nitrogen and oxygen atoms in total. The summed E-state index contributed by atoms with van der Waals surface area (Å²) in [7, 11) is 3.28. The average Bonchev–Trinajstić information content (AvgIpc) is 3.14. The first-order valence-corrected chi connectivity index (χ1v) is 9.51. The molecule has 0 amide bonds. The first-order valence-electron chi connectivity index (χ1n) is 8.37. The standard InChI is InChI=1S/C20H18Cl3NO2/c1-25-15-7-6-10(8-16(15)26-2)19-12-5-3-4-11(12)17-18(23)13(21)9-14(22)20(17)24-19/h3-4,6-9,11-12,19,24H,5H2,1-2H3. The van der Waals surface area contributed by atoms with E-state index in [0.717, 1.165) is 23.2 Å². The van der Waals surface area contributed by atoms with Crippen LogP contribution in [0.15, 0.2) is 36.4 Å². The molecule has 4 rings (SSSR count). The molecule has 0 saturated heterocycles. The summed E-state index contributed by atoms with van der Waals surface area (Å²) in [4.78, 5) is 0. The minimum atomic E-state index is 0.0806. The fourth-order valence-corrected chi connectivity index (χ4v) is 4.85. The van der Waals surface area contributed by atoms with Crippen molar-refractivity contribution in [1.29, 1.82) is 0 Å². The number of ether oxygens (including phenoxy) is 2. The third kappa shape index (κ3) is 2.74. The van der Waals surface area contributed by atoms with Crippen LogP contribution in [0.2, 0.25) is 15.1 Å². The Morgan fingerprint density at radius 3 is 2.50 bits per heavy atom. The normalized spacial score (nSPS) is 23.2. The molecular formula is C20H18Cl3NO2. The highest BCUT2D eigenvalue weighted by atomic mass is 35.5. The Hall–Kier alpha value is -1.55. The lowest BCUT2D eigenvalue weighted by molar-refractivity contribution is 0.353. The zero-order valence-electron chi connectivity index (χ0n) is 14.4. The van der Waals surface area contributed by atoms with Crippen molar-refractivity contribution in [3.63, 3.8) is 0 Å². The summed E-state index contributed by atoms with van der Waals surface area (Å²) in [5.41, 5.74) is 2.96. The Labute approximate surface area is 167 Å². The van der Waals surface area contributed by atoms with Gasteiger partial charge in [0.25, 0.3) is 0 Å². The van der Waals surface area contributed by atoms with Crippen LogP contribution in [0.5, 0.6) is 11.5 Å². The number of hydrogen-bond donors (Lipinski definition) is 1. The molecule has 1 aliphatic carbocycles. The highest BCUT2D eigenvalue weighted by molar-refractivity contribution is 6.44. The number of halogens is 3. The lowest BCUT2D eigenvalue weighted by Crippen LogP contribution is -2.29. The van der Waals surface area contributed by atoms with E-state index in [0.29, 0.717) is 32.5 Å². The van der Waals surface area contributed by atoms with E-state index in [1.165, 1.54) is 0 Å². The fraction of sp³-hybridized carbons (Fsp3) is 0.300. The molecule has 2 aliphatic rings. The molecule has 0 spiro atoms. The molecule has 26 heavy (non-hydrogen) atoms. The van der Waals surface area contributed by atoms with E-state index in [1.807, 2.05) is 12.1 Å². The van der Waals surface area contributed by atoms with Gasteiger partial charge in [0.1, 0.15) is 0 Å². The summed E-state index contributed by atoms with van der Waals surface area (Å²) in [5.74, 6) is 1.92. The van der Waals surface area contributed by atoms with Crippen LogP contribution in [0, 0.1) is 5.92 Å². The van der Waals surface area contributed by atoms with Gasteiger partial charge in [0.15, 0.2) is 11.5 Å². The van der Waals surface area contributed by atoms with E-state index in [-0.39, 0.29) is 12.0 Å². The van der Waals surface area contributed by atoms with Gasteiger partial charge in [-0.15, -0.1) is 0 Å². The highest BCUT2D eigenvalue weighted by Gasteiger charge is 2.40. The summed E-state index contributed by atoms with van der Waals surface area (Å²) in [6.45, 7) is 0. The fourth-order valence-electron chi connectivity index (χ4n) is 4.04. The van der Waals surface area contributed by atoms with E-state index in [1.54, 1.807) is 20.3 Å². The summed E-state index contributed by atoms with van der Waals surface area (Å²) in [6.07, 6.45) is 5.36. The van der Waals surface area contributed by atoms with Gasteiger partial charge >= 0.3 is 0 Å². The number of rotatable bonds is 3. The molecule has 0 fully saturated rings. The van der Waals surface area contributed by atoms with E-state index in [4.69, 9.17) is 44.3 Å². The number of allylic oxidation sites excluding steroid dienone is 2. The molecule has 1 heterocycles. The van der Waals surface area contributed by atoms with Gasteiger partial charge < -0.3 is 14.8 Å². The molecule has 3 unspecified atom stereocenters. The lowest BCUT2D eigenvalue weighted by Gasteiger charge is -2.38. The highest BCUT2D eigenvalue weighted by Crippen LogP contribution is 2.55. The minimum Gasteiger partial charge on any atom is -0.493 e. The van der Waals surface area contributed by atoms with Crippen molar-refractivity contribution in [2.45, 2.75) is 18.4 Å². The molecule has 1 aliphatic heterocycles.